The number of ether oxygens (including phenoxy) is 2. The van der Waals surface area contributed by atoms with Crippen molar-refractivity contribution < 1.29 is 19.1 Å². The van der Waals surface area contributed by atoms with Gasteiger partial charge in [-0.1, -0.05) is 12.1 Å². The number of piperidine rings is 1. The summed E-state index contributed by atoms with van der Waals surface area (Å²) >= 11 is 0. The van der Waals surface area contributed by atoms with Crippen LogP contribution < -0.4 is 9.47 Å². The maximum atomic E-state index is 12.9. The summed E-state index contributed by atoms with van der Waals surface area (Å²) < 4.78 is 11.6. The van der Waals surface area contributed by atoms with E-state index >= 15 is 0 Å². The van der Waals surface area contributed by atoms with E-state index in [2.05, 4.69) is 0 Å². The number of Topliss-reactive ketones (excluding diaryl/α,β-unsaturated/α-hetero) is 1. The Balaban J connectivity index is 1.50. The predicted octanol–water partition coefficient (Wildman–Crippen LogP) is 3.95. The number of ketones is 1. The van der Waals surface area contributed by atoms with Crippen LogP contribution in [0.4, 0.5) is 0 Å². The SMILES string of the molecule is COc1cccc(C(=O)N2CCC3(CC2)CC(=O)c2cc(C)cc(C)c2O3)c1. The Kier molecular flexibility index (Phi) is 4.61. The van der Waals surface area contributed by atoms with Crippen LogP contribution in [0.2, 0.25) is 0 Å². The van der Waals surface area contributed by atoms with Gasteiger partial charge in [-0.15, -0.1) is 0 Å². The lowest BCUT2D eigenvalue weighted by atomic mass is 9.81. The second-order valence-corrected chi connectivity index (χ2v) is 7.87. The average Bonchev–Trinajstić information content (AvgIpc) is 2.69. The van der Waals surface area contributed by atoms with Gasteiger partial charge in [0.05, 0.1) is 19.1 Å². The minimum absolute atomic E-state index is 0.0110. The molecular weight excluding hydrogens is 354 g/mol. The fraction of sp³-hybridized carbons (Fsp3) is 0.391. The molecule has 0 radical (unpaired) electrons. The number of likely N-dealkylation sites (tertiary alicyclic amines) is 1. The number of aryl methyl sites for hydroxylation is 2. The van der Waals surface area contributed by atoms with Crippen LogP contribution in [-0.2, 0) is 0 Å². The van der Waals surface area contributed by atoms with Crippen molar-refractivity contribution >= 4 is 11.7 Å². The maximum Gasteiger partial charge on any atom is 0.253 e. The van der Waals surface area contributed by atoms with E-state index in [1.165, 1.54) is 0 Å². The monoisotopic (exact) mass is 379 g/mol. The number of rotatable bonds is 2. The van der Waals surface area contributed by atoms with Gasteiger partial charge in [0, 0.05) is 31.5 Å². The van der Waals surface area contributed by atoms with Crippen LogP contribution in [-0.4, -0.2) is 42.4 Å². The summed E-state index contributed by atoms with van der Waals surface area (Å²) in [5.41, 5.74) is 2.88. The van der Waals surface area contributed by atoms with Gasteiger partial charge in [-0.25, -0.2) is 0 Å². The molecule has 0 aromatic heterocycles. The summed E-state index contributed by atoms with van der Waals surface area (Å²) in [7, 11) is 1.59. The highest BCUT2D eigenvalue weighted by Crippen LogP contribution is 2.41. The van der Waals surface area contributed by atoms with Gasteiger partial charge in [0.15, 0.2) is 5.78 Å². The number of nitrogens with zero attached hydrogens (tertiary/aromatic N) is 1. The third-order valence-corrected chi connectivity index (χ3v) is 5.80. The summed E-state index contributed by atoms with van der Waals surface area (Å²) in [5.74, 6) is 1.51. The number of hydrogen-bond acceptors (Lipinski definition) is 4. The van der Waals surface area contributed by atoms with Gasteiger partial charge in [-0.05, 0) is 49.2 Å². The first-order valence-corrected chi connectivity index (χ1v) is 9.68. The lowest BCUT2D eigenvalue weighted by molar-refractivity contribution is -0.00620. The second-order valence-electron chi connectivity index (χ2n) is 7.87. The molecule has 2 aliphatic heterocycles. The van der Waals surface area contributed by atoms with Gasteiger partial charge in [0.2, 0.25) is 0 Å². The van der Waals surface area contributed by atoms with E-state index in [1.807, 2.05) is 43.0 Å². The van der Waals surface area contributed by atoms with Crippen LogP contribution in [0, 0.1) is 13.8 Å². The van der Waals surface area contributed by atoms with E-state index < -0.39 is 5.60 Å². The maximum absolute atomic E-state index is 12.9. The molecule has 0 atom stereocenters. The molecule has 0 N–H and O–H groups in total. The number of fused-ring (bicyclic) bond motifs is 1. The van der Waals surface area contributed by atoms with Crippen LogP contribution >= 0.6 is 0 Å². The lowest BCUT2D eigenvalue weighted by Crippen LogP contribution is -2.52. The van der Waals surface area contributed by atoms with Gasteiger partial charge in [0.25, 0.3) is 5.91 Å². The first-order valence-electron chi connectivity index (χ1n) is 9.68. The number of benzene rings is 2. The van der Waals surface area contributed by atoms with Gasteiger partial charge in [-0.3, -0.25) is 9.59 Å². The van der Waals surface area contributed by atoms with Crippen molar-refractivity contribution in [1.29, 1.82) is 0 Å². The number of methoxy groups -OCH3 is 1. The smallest absolute Gasteiger partial charge is 0.253 e. The van der Waals surface area contributed by atoms with Crippen LogP contribution in [0.15, 0.2) is 36.4 Å². The first-order chi connectivity index (χ1) is 13.4. The molecule has 2 aromatic rings. The number of carbonyl (C=O) groups is 2. The van der Waals surface area contributed by atoms with Gasteiger partial charge in [-0.2, -0.15) is 0 Å². The zero-order chi connectivity index (χ0) is 19.9. The fourth-order valence-corrected chi connectivity index (χ4v) is 4.27. The van der Waals surface area contributed by atoms with Gasteiger partial charge >= 0.3 is 0 Å². The first kappa shape index (κ1) is 18.5. The zero-order valence-corrected chi connectivity index (χ0v) is 16.6. The Bertz CT molecular complexity index is 942. The van der Waals surface area contributed by atoms with E-state index in [1.54, 1.807) is 19.2 Å². The molecule has 4 rings (SSSR count). The molecule has 2 aromatic carbocycles. The lowest BCUT2D eigenvalue weighted by Gasteiger charge is -2.44. The molecule has 1 saturated heterocycles. The Morgan fingerprint density at radius 1 is 1.14 bits per heavy atom. The van der Waals surface area contributed by atoms with Crippen LogP contribution in [0.25, 0.3) is 0 Å². The summed E-state index contributed by atoms with van der Waals surface area (Å²) in [4.78, 5) is 27.5. The zero-order valence-electron chi connectivity index (χ0n) is 16.6. The molecule has 2 heterocycles. The summed E-state index contributed by atoms with van der Waals surface area (Å²) in [5, 5.41) is 0. The third-order valence-electron chi connectivity index (χ3n) is 5.80. The molecule has 28 heavy (non-hydrogen) atoms. The Morgan fingerprint density at radius 3 is 2.61 bits per heavy atom. The number of hydrogen-bond donors (Lipinski definition) is 0. The van der Waals surface area contributed by atoms with E-state index in [0.29, 0.717) is 49.2 Å². The molecule has 5 nitrogen and oxygen atoms in total. The molecule has 1 spiro atoms. The van der Waals surface area contributed by atoms with E-state index in [-0.39, 0.29) is 11.7 Å². The standard InChI is InChI=1S/C23H25NO4/c1-15-11-16(2)21-19(12-15)20(25)14-23(28-21)7-9-24(10-8-23)22(26)17-5-4-6-18(13-17)27-3/h4-6,11-13H,7-10,14H2,1-3H3. The van der Waals surface area contributed by atoms with Gasteiger partial charge < -0.3 is 14.4 Å². The fourth-order valence-electron chi connectivity index (χ4n) is 4.27. The van der Waals surface area contributed by atoms with Crippen molar-refractivity contribution in [2.24, 2.45) is 0 Å². The van der Waals surface area contributed by atoms with Gasteiger partial charge in [0.1, 0.15) is 17.1 Å². The Hall–Kier alpha value is -2.82. The molecule has 0 unspecified atom stereocenters. The average molecular weight is 379 g/mol. The molecule has 1 amide bonds. The Morgan fingerprint density at radius 2 is 1.89 bits per heavy atom. The number of amides is 1. The van der Waals surface area contributed by atoms with E-state index in [0.717, 1.165) is 16.9 Å². The molecule has 146 valence electrons. The van der Waals surface area contributed by atoms with Crippen molar-refractivity contribution in [1.82, 2.24) is 4.90 Å². The summed E-state index contributed by atoms with van der Waals surface area (Å²) in [6.45, 7) is 5.13. The highest BCUT2D eigenvalue weighted by atomic mass is 16.5. The van der Waals surface area contributed by atoms with Crippen molar-refractivity contribution in [3.8, 4) is 11.5 Å². The molecule has 2 aliphatic rings. The topological polar surface area (TPSA) is 55.8 Å². The summed E-state index contributed by atoms with van der Waals surface area (Å²) in [6, 6.07) is 11.2. The third kappa shape index (κ3) is 3.26. The van der Waals surface area contributed by atoms with E-state index in [9.17, 15) is 9.59 Å². The minimum atomic E-state index is -0.505. The highest BCUT2D eigenvalue weighted by Gasteiger charge is 2.44. The normalized spacial score (nSPS) is 17.8. The van der Waals surface area contributed by atoms with Crippen LogP contribution in [0.3, 0.4) is 0 Å². The summed E-state index contributed by atoms with van der Waals surface area (Å²) in [6.07, 6.45) is 1.69. The molecule has 0 saturated carbocycles. The molecule has 0 aliphatic carbocycles. The second kappa shape index (κ2) is 6.97. The molecule has 5 heteroatoms. The minimum Gasteiger partial charge on any atom is -0.497 e. The van der Waals surface area contributed by atoms with Crippen molar-refractivity contribution in [2.75, 3.05) is 20.2 Å². The molecular formula is C23H25NO4. The van der Waals surface area contributed by atoms with Crippen molar-refractivity contribution in [3.63, 3.8) is 0 Å². The predicted molar refractivity (Wildman–Crippen MR) is 106 cm³/mol. The highest BCUT2D eigenvalue weighted by molar-refractivity contribution is 6.01. The van der Waals surface area contributed by atoms with E-state index in [4.69, 9.17) is 9.47 Å². The van der Waals surface area contributed by atoms with Crippen LogP contribution in [0.5, 0.6) is 11.5 Å². The Labute approximate surface area is 165 Å². The van der Waals surface area contributed by atoms with Crippen molar-refractivity contribution in [3.05, 3.63) is 58.7 Å². The number of carbonyl (C=O) groups excluding carboxylic acids is 2. The van der Waals surface area contributed by atoms with Crippen molar-refractivity contribution in [2.45, 2.75) is 38.7 Å². The van der Waals surface area contributed by atoms with Crippen LogP contribution in [0.1, 0.15) is 51.1 Å². The quantitative estimate of drug-likeness (QED) is 0.793. The largest absolute Gasteiger partial charge is 0.497 e. The molecule has 1 fully saturated rings. The molecule has 0 bridgehead atoms.